The fraction of sp³-hybridized carbons (Fsp3) is 0.750. The quantitative estimate of drug-likeness (QED) is 0.212. The molecule has 0 heterocycles. The summed E-state index contributed by atoms with van der Waals surface area (Å²) in [7, 11) is 4.80. The van der Waals surface area contributed by atoms with Crippen LogP contribution in [-0.2, 0) is 28.5 Å². The van der Waals surface area contributed by atoms with Gasteiger partial charge in [-0.1, -0.05) is 21.6 Å². The van der Waals surface area contributed by atoms with Gasteiger partial charge in [0.05, 0.1) is 26.4 Å². The van der Waals surface area contributed by atoms with E-state index in [9.17, 15) is 19.2 Å². The largest absolute Gasteiger partial charge is 0.461 e. The number of alkyl carbamates (subject to hydrolysis) is 2. The van der Waals surface area contributed by atoms with Crippen molar-refractivity contribution in [2.75, 3.05) is 25.7 Å². The average Bonchev–Trinajstić information content (AvgIpc) is 2.61. The smallest absolute Gasteiger partial charge is 0.407 e. The van der Waals surface area contributed by atoms with Crippen LogP contribution in [0.25, 0.3) is 0 Å². The van der Waals surface area contributed by atoms with Crippen molar-refractivity contribution in [1.82, 2.24) is 10.6 Å². The Kier molecular flexibility index (Phi) is 13.3. The van der Waals surface area contributed by atoms with Gasteiger partial charge in [-0.05, 0) is 27.7 Å². The molecule has 162 valence electrons. The van der Waals surface area contributed by atoms with Gasteiger partial charge in [0.25, 0.3) is 0 Å². The van der Waals surface area contributed by atoms with Gasteiger partial charge in [0, 0.05) is 11.5 Å². The third-order valence-corrected chi connectivity index (χ3v) is 5.20. The Hall–Kier alpha value is -1.82. The minimum absolute atomic E-state index is 0.162. The predicted octanol–water partition coefficient (Wildman–Crippen LogP) is 1.72. The Bertz CT molecular complexity index is 485. The van der Waals surface area contributed by atoms with Crippen molar-refractivity contribution >= 4 is 45.7 Å². The summed E-state index contributed by atoms with van der Waals surface area (Å²) in [6.07, 6.45) is -2.21. The molecule has 0 spiro atoms. The van der Waals surface area contributed by atoms with Gasteiger partial charge in [-0.25, -0.2) is 19.2 Å². The van der Waals surface area contributed by atoms with Crippen LogP contribution < -0.4 is 10.6 Å². The first-order chi connectivity index (χ1) is 13.1. The number of hydrogen-bond donors (Lipinski definition) is 2. The Labute approximate surface area is 172 Å². The van der Waals surface area contributed by atoms with Crippen LogP contribution in [0, 0.1) is 0 Å². The summed E-state index contributed by atoms with van der Waals surface area (Å²) in [6.45, 7) is 6.77. The number of ether oxygens (including phenoxy) is 4. The maximum absolute atomic E-state index is 12.1. The molecule has 0 radical (unpaired) electrons. The number of methoxy groups -OCH3 is 2. The van der Waals surface area contributed by atoms with Crippen LogP contribution in [0.5, 0.6) is 0 Å². The molecule has 0 aliphatic carbocycles. The van der Waals surface area contributed by atoms with Crippen molar-refractivity contribution in [3.63, 3.8) is 0 Å². The number of carbonyl (C=O) groups is 4. The number of rotatable bonds is 11. The molecule has 2 amide bonds. The average molecular weight is 441 g/mol. The molecule has 0 bridgehead atoms. The molecule has 0 rings (SSSR count). The minimum atomic E-state index is -0.929. The van der Waals surface area contributed by atoms with Crippen LogP contribution in [-0.4, -0.2) is 74.1 Å². The lowest BCUT2D eigenvalue weighted by Crippen LogP contribution is -2.45. The maximum atomic E-state index is 12.1. The molecule has 2 atom stereocenters. The van der Waals surface area contributed by atoms with Crippen LogP contribution in [0.2, 0.25) is 0 Å². The van der Waals surface area contributed by atoms with Crippen molar-refractivity contribution in [2.45, 2.75) is 52.0 Å². The van der Waals surface area contributed by atoms with E-state index in [1.54, 1.807) is 27.7 Å². The fourth-order valence-electron chi connectivity index (χ4n) is 1.60. The molecule has 0 unspecified atom stereocenters. The molecule has 0 saturated carbocycles. The number of carbonyl (C=O) groups excluding carboxylic acids is 4. The molecular weight excluding hydrogens is 412 g/mol. The van der Waals surface area contributed by atoms with E-state index < -0.39 is 36.2 Å². The first-order valence-electron chi connectivity index (χ1n) is 8.45. The Morgan fingerprint density at radius 2 is 1.04 bits per heavy atom. The van der Waals surface area contributed by atoms with Crippen molar-refractivity contribution in [1.29, 1.82) is 0 Å². The summed E-state index contributed by atoms with van der Waals surface area (Å²) < 4.78 is 19.2. The van der Waals surface area contributed by atoms with Crippen molar-refractivity contribution < 1.29 is 38.1 Å². The second-order valence-corrected chi connectivity index (χ2v) is 8.47. The van der Waals surface area contributed by atoms with Gasteiger partial charge < -0.3 is 29.6 Å². The number of amides is 2. The van der Waals surface area contributed by atoms with E-state index in [-0.39, 0.29) is 23.7 Å². The molecular formula is C16H28N2O8S2. The Morgan fingerprint density at radius 1 is 0.714 bits per heavy atom. The number of hydrogen-bond acceptors (Lipinski definition) is 10. The number of nitrogens with one attached hydrogen (secondary N) is 2. The lowest BCUT2D eigenvalue weighted by Gasteiger charge is -2.19. The Morgan fingerprint density at radius 3 is 1.29 bits per heavy atom. The van der Waals surface area contributed by atoms with Crippen LogP contribution in [0.3, 0.4) is 0 Å². The van der Waals surface area contributed by atoms with Gasteiger partial charge in [0.1, 0.15) is 12.1 Å². The highest BCUT2D eigenvalue weighted by Crippen LogP contribution is 2.24. The van der Waals surface area contributed by atoms with E-state index in [1.165, 1.54) is 35.8 Å². The normalized spacial score (nSPS) is 12.7. The van der Waals surface area contributed by atoms with Crippen LogP contribution in [0.4, 0.5) is 9.59 Å². The summed E-state index contributed by atoms with van der Waals surface area (Å²) in [4.78, 5) is 47.0. The third-order valence-electron chi connectivity index (χ3n) is 2.78. The molecule has 12 heteroatoms. The van der Waals surface area contributed by atoms with Gasteiger partial charge in [-0.15, -0.1) is 0 Å². The zero-order valence-electron chi connectivity index (χ0n) is 16.8. The molecule has 2 N–H and O–H groups in total. The van der Waals surface area contributed by atoms with Gasteiger partial charge in [-0.3, -0.25) is 0 Å². The van der Waals surface area contributed by atoms with E-state index in [2.05, 4.69) is 20.1 Å². The predicted molar refractivity (Wildman–Crippen MR) is 106 cm³/mol. The number of esters is 2. The molecule has 0 aliphatic rings. The lowest BCUT2D eigenvalue weighted by atomic mass is 10.3. The van der Waals surface area contributed by atoms with Crippen molar-refractivity contribution in [3.05, 3.63) is 0 Å². The summed E-state index contributed by atoms with van der Waals surface area (Å²) >= 11 is 0. The second-order valence-electron chi connectivity index (χ2n) is 5.92. The summed E-state index contributed by atoms with van der Waals surface area (Å²) in [6, 6.07) is -1.86. The second kappa shape index (κ2) is 14.2. The van der Waals surface area contributed by atoms with Crippen LogP contribution in [0.1, 0.15) is 27.7 Å². The van der Waals surface area contributed by atoms with E-state index in [4.69, 9.17) is 9.47 Å². The highest BCUT2D eigenvalue weighted by molar-refractivity contribution is 8.76. The van der Waals surface area contributed by atoms with E-state index in [0.717, 1.165) is 0 Å². The monoisotopic (exact) mass is 440 g/mol. The summed E-state index contributed by atoms with van der Waals surface area (Å²) in [5.74, 6) is -0.876. The minimum Gasteiger partial charge on any atom is -0.461 e. The topological polar surface area (TPSA) is 129 Å². The van der Waals surface area contributed by atoms with Gasteiger partial charge in [0.2, 0.25) is 0 Å². The third kappa shape index (κ3) is 11.8. The standard InChI is InChI=1S/C16H28N2O8S2/c1-9(2)25-13(19)11(17-15(21)23-5)7-27-28-8-12(18-16(22)24-6)14(20)26-10(3)4/h9-12H,7-8H2,1-6H3,(H,17,21)(H,18,22)/t11-,12-/m0/s1. The highest BCUT2D eigenvalue weighted by Gasteiger charge is 2.26. The summed E-state index contributed by atoms with van der Waals surface area (Å²) in [5, 5.41) is 4.80. The zero-order valence-corrected chi connectivity index (χ0v) is 18.4. The molecule has 0 aromatic rings. The summed E-state index contributed by atoms with van der Waals surface area (Å²) in [5.41, 5.74) is 0. The highest BCUT2D eigenvalue weighted by atomic mass is 33.1. The van der Waals surface area contributed by atoms with E-state index >= 15 is 0 Å². The fourth-order valence-corrected chi connectivity index (χ4v) is 3.90. The first kappa shape index (κ1) is 26.2. The maximum Gasteiger partial charge on any atom is 0.407 e. The molecule has 0 fully saturated rings. The zero-order chi connectivity index (χ0) is 21.7. The lowest BCUT2D eigenvalue weighted by molar-refractivity contribution is -0.150. The first-order valence-corrected chi connectivity index (χ1v) is 10.9. The van der Waals surface area contributed by atoms with Gasteiger partial charge >= 0.3 is 24.1 Å². The molecule has 0 aromatic heterocycles. The van der Waals surface area contributed by atoms with Crippen LogP contribution >= 0.6 is 21.6 Å². The molecule has 0 aromatic carbocycles. The van der Waals surface area contributed by atoms with E-state index in [1.807, 2.05) is 0 Å². The molecule has 0 saturated heterocycles. The molecule has 0 aliphatic heterocycles. The van der Waals surface area contributed by atoms with Crippen molar-refractivity contribution in [3.8, 4) is 0 Å². The molecule has 28 heavy (non-hydrogen) atoms. The van der Waals surface area contributed by atoms with Gasteiger partial charge in [-0.2, -0.15) is 0 Å². The van der Waals surface area contributed by atoms with Crippen molar-refractivity contribution in [2.24, 2.45) is 0 Å². The van der Waals surface area contributed by atoms with Gasteiger partial charge in [0.15, 0.2) is 0 Å². The van der Waals surface area contributed by atoms with E-state index in [0.29, 0.717) is 0 Å². The SMILES string of the molecule is COC(=O)N[C@@H](CSSC[C@H](NC(=O)OC)C(=O)OC(C)C)C(=O)OC(C)C. The Balaban J connectivity index is 4.74. The molecule has 10 nitrogen and oxygen atoms in total. The van der Waals surface area contributed by atoms with Crippen LogP contribution in [0.15, 0.2) is 0 Å².